The van der Waals surface area contributed by atoms with Crippen LogP contribution >= 0.6 is 0 Å². The molecule has 0 saturated heterocycles. The summed E-state index contributed by atoms with van der Waals surface area (Å²) in [5.41, 5.74) is -2.46. The number of unbranched alkanes of at least 4 members (excludes halogenated alkanes) is 9. The fraction of sp³-hybridized carbons (Fsp3) is 0.797. The van der Waals surface area contributed by atoms with Crippen molar-refractivity contribution in [3.63, 3.8) is 0 Å². The van der Waals surface area contributed by atoms with Crippen LogP contribution in [0.5, 0.6) is 0 Å². The lowest BCUT2D eigenvalue weighted by molar-refractivity contribution is -0.147. The van der Waals surface area contributed by atoms with Gasteiger partial charge in [0, 0.05) is 37.9 Å². The molecule has 6 atom stereocenters. The van der Waals surface area contributed by atoms with Gasteiger partial charge in [0.05, 0.1) is 37.9 Å². The third-order valence-corrected chi connectivity index (χ3v) is 13.1. The van der Waals surface area contributed by atoms with E-state index in [2.05, 4.69) is 38.5 Å². The number of ketones is 2. The highest BCUT2D eigenvalue weighted by atomic mass is 16.6. The van der Waals surface area contributed by atoms with E-state index in [1.54, 1.807) is 83.1 Å². The smallest absolute Gasteiger partial charge is 0.419 e. The zero-order chi connectivity index (χ0) is 66.6. The average Bonchev–Trinajstić information content (AvgIpc) is 3.70. The minimum absolute atomic E-state index is 0.0443. The molecule has 23 nitrogen and oxygen atoms in total. The van der Waals surface area contributed by atoms with Crippen LogP contribution in [0.3, 0.4) is 0 Å². The second-order valence-corrected chi connectivity index (χ2v) is 26.2. The number of rotatable bonds is 37. The van der Waals surface area contributed by atoms with Crippen LogP contribution in [0.1, 0.15) is 251 Å². The van der Waals surface area contributed by atoms with E-state index in [0.717, 1.165) is 70.6 Å². The first-order valence-corrected chi connectivity index (χ1v) is 31.6. The van der Waals surface area contributed by atoms with Gasteiger partial charge < -0.3 is 55.0 Å². The molecule has 6 unspecified atom stereocenters. The molecule has 5 N–H and O–H groups in total. The van der Waals surface area contributed by atoms with Crippen LogP contribution in [0.25, 0.3) is 0 Å². The van der Waals surface area contributed by atoms with Crippen molar-refractivity contribution in [2.75, 3.05) is 20.8 Å². The lowest BCUT2D eigenvalue weighted by Crippen LogP contribution is -2.53. The van der Waals surface area contributed by atoms with Crippen molar-refractivity contribution in [1.29, 1.82) is 0 Å². The Morgan fingerprint density at radius 1 is 0.448 bits per heavy atom. The van der Waals surface area contributed by atoms with E-state index in [0.29, 0.717) is 63.6 Å². The number of imidazole rings is 1. The Labute approximate surface area is 519 Å². The van der Waals surface area contributed by atoms with Gasteiger partial charge >= 0.3 is 36.3 Å². The lowest BCUT2D eigenvalue weighted by Gasteiger charge is -2.25. The number of Topliss-reactive ketones (excluding diaryl/α,β-unsaturated/α-hetero) is 2. The number of ether oxygens (including phenoxy) is 6. The maximum Gasteiger partial charge on any atom is 0.419 e. The molecular weight excluding hydrogens is 1120 g/mol. The fourth-order valence-corrected chi connectivity index (χ4v) is 8.80. The molecule has 1 aromatic rings. The van der Waals surface area contributed by atoms with E-state index >= 15 is 0 Å². The Morgan fingerprint density at radius 3 is 1.33 bits per heavy atom. The van der Waals surface area contributed by atoms with Gasteiger partial charge in [-0.15, -0.1) is 0 Å². The topological polar surface area (TPSA) is 304 Å². The van der Waals surface area contributed by atoms with Crippen molar-refractivity contribution in [1.82, 2.24) is 36.1 Å². The van der Waals surface area contributed by atoms with E-state index in [4.69, 9.17) is 28.4 Å². The van der Waals surface area contributed by atoms with Gasteiger partial charge in [0.2, 0.25) is 11.8 Å². The van der Waals surface area contributed by atoms with Crippen LogP contribution in [0.15, 0.2) is 12.5 Å². The summed E-state index contributed by atoms with van der Waals surface area (Å²) in [5, 5.41) is 13.7. The number of esters is 2. The summed E-state index contributed by atoms with van der Waals surface area (Å²) < 4.78 is 32.4. The van der Waals surface area contributed by atoms with Crippen LogP contribution in [-0.4, -0.2) is 137 Å². The fourth-order valence-electron chi connectivity index (χ4n) is 8.80. The molecule has 0 aliphatic heterocycles. The first-order valence-electron chi connectivity index (χ1n) is 31.6. The maximum atomic E-state index is 13.7. The molecule has 0 aliphatic rings. The van der Waals surface area contributed by atoms with Crippen LogP contribution < -0.4 is 26.6 Å². The van der Waals surface area contributed by atoms with Gasteiger partial charge in [-0.1, -0.05) is 111 Å². The second kappa shape index (κ2) is 41.8. The predicted octanol–water partition coefficient (Wildman–Crippen LogP) is 11.5. The third-order valence-electron chi connectivity index (χ3n) is 13.1. The Bertz CT molecular complexity index is 2260. The number of nitrogens with zero attached hydrogens (tertiary/aromatic N) is 2. The minimum atomic E-state index is -1.09. The standard InChI is InChI=1S/C32H54N4O8.C32H59N3O8/c1-10-12-14-16-22(28(39)42-9)18-26(37)25(19-23-20-36(21-33-23)30(41)44-32(6,7)8)34-27(38)24(17-15-13-11-2)35-29(40)43-31(3,4)5;1-10-12-14-19-24(35-30(40)43-32(6,7)8)26(36)22-23(18-16-17-21-33-29(39)42-31(3,4)5)27(37)34-25(28(38)41-9)20-15-13-11-2/h20-22,24-25H,10-19H2,1-9H3,(H,34,38)(H,35,40);23-25H,10-22H2,1-9H3,(H,33,39)(H,34,37)(H,35,40). The van der Waals surface area contributed by atoms with E-state index in [-0.39, 0.29) is 30.8 Å². The third kappa shape index (κ3) is 39.3. The van der Waals surface area contributed by atoms with Gasteiger partial charge in [-0.25, -0.2) is 33.5 Å². The van der Waals surface area contributed by atoms with Gasteiger partial charge in [-0.2, -0.15) is 0 Å². The molecular formula is C64H113N7O16. The molecule has 1 aromatic heterocycles. The number of carbonyl (C=O) groups is 10. The Kier molecular flexibility index (Phi) is 38.8. The maximum absolute atomic E-state index is 13.7. The molecule has 0 radical (unpaired) electrons. The van der Waals surface area contributed by atoms with Gasteiger partial charge in [-0.3, -0.25) is 24.0 Å². The van der Waals surface area contributed by atoms with E-state index in [1.165, 1.54) is 31.3 Å². The van der Waals surface area contributed by atoms with Gasteiger partial charge in [0.1, 0.15) is 40.8 Å². The van der Waals surface area contributed by atoms with Crippen LogP contribution in [0, 0.1) is 11.8 Å². The SMILES string of the molecule is CCCCCC(CC(=O)C(Cc1cn(C(=O)OC(C)(C)C)cn1)NC(=O)C(CCCCC)NC(=O)OC(C)(C)C)C(=O)OC.CCCCCC(NC(=O)OC(C)(C)C)C(=O)CC(CCCCNC(=O)OC(C)(C)C)C(=O)NC(CCCCC)C(=O)OC. The van der Waals surface area contributed by atoms with Gasteiger partial charge in [0.15, 0.2) is 11.6 Å². The molecule has 0 saturated carbocycles. The Balaban J connectivity index is 0.00000170. The summed E-state index contributed by atoms with van der Waals surface area (Å²) >= 11 is 0. The summed E-state index contributed by atoms with van der Waals surface area (Å²) in [7, 11) is 2.56. The molecule has 23 heteroatoms. The molecule has 0 fully saturated rings. The van der Waals surface area contributed by atoms with Crippen molar-refractivity contribution in [2.45, 2.75) is 299 Å². The van der Waals surface area contributed by atoms with Gasteiger partial charge in [0.25, 0.3) is 0 Å². The first kappa shape index (κ1) is 80.7. The molecule has 0 spiro atoms. The normalized spacial score (nSPS) is 13.7. The van der Waals surface area contributed by atoms with Crippen LogP contribution in [0.4, 0.5) is 19.2 Å². The molecule has 5 amide bonds. The number of aromatic nitrogens is 2. The number of amides is 5. The molecule has 1 rings (SSSR count). The first-order chi connectivity index (χ1) is 40.5. The lowest BCUT2D eigenvalue weighted by atomic mass is 9.90. The summed E-state index contributed by atoms with van der Waals surface area (Å²) in [6.45, 7) is 29.5. The highest BCUT2D eigenvalue weighted by Crippen LogP contribution is 2.22. The molecule has 0 aliphatic carbocycles. The largest absolute Gasteiger partial charge is 0.469 e. The van der Waals surface area contributed by atoms with Crippen LogP contribution in [-0.2, 0) is 63.6 Å². The summed E-state index contributed by atoms with van der Waals surface area (Å²) in [6, 6.07) is -3.65. The zero-order valence-corrected chi connectivity index (χ0v) is 56.3. The molecule has 0 aromatic carbocycles. The predicted molar refractivity (Wildman–Crippen MR) is 333 cm³/mol. The van der Waals surface area contributed by atoms with E-state index in [1.807, 2.05) is 20.8 Å². The monoisotopic (exact) mass is 1240 g/mol. The van der Waals surface area contributed by atoms with Crippen molar-refractivity contribution in [2.24, 2.45) is 11.8 Å². The molecule has 1 heterocycles. The van der Waals surface area contributed by atoms with Crippen molar-refractivity contribution < 1.29 is 76.4 Å². The highest BCUT2D eigenvalue weighted by molar-refractivity contribution is 5.94. The Morgan fingerprint density at radius 2 is 0.851 bits per heavy atom. The molecule has 0 bridgehead atoms. The number of hydrogen-bond donors (Lipinski definition) is 5. The average molecular weight is 1240 g/mol. The number of alkyl carbamates (subject to hydrolysis) is 3. The second-order valence-electron chi connectivity index (χ2n) is 26.2. The molecule has 500 valence electrons. The van der Waals surface area contributed by atoms with Crippen molar-refractivity contribution in [3.05, 3.63) is 18.2 Å². The van der Waals surface area contributed by atoms with Crippen LogP contribution in [0.2, 0.25) is 0 Å². The Hall–Kier alpha value is -6.29. The number of carbonyl (C=O) groups excluding carboxylic acids is 10. The number of nitrogens with one attached hydrogen (secondary N) is 5. The van der Waals surface area contributed by atoms with E-state index < -0.39 is 107 Å². The zero-order valence-electron chi connectivity index (χ0n) is 56.3. The summed E-state index contributed by atoms with van der Waals surface area (Å²) in [5.74, 6) is -4.05. The summed E-state index contributed by atoms with van der Waals surface area (Å²) in [4.78, 5) is 133. The molecule has 87 heavy (non-hydrogen) atoms. The van der Waals surface area contributed by atoms with E-state index in [9.17, 15) is 47.9 Å². The van der Waals surface area contributed by atoms with Crippen molar-refractivity contribution >= 4 is 59.7 Å². The van der Waals surface area contributed by atoms with Gasteiger partial charge in [-0.05, 0) is 122 Å². The van der Waals surface area contributed by atoms with Crippen molar-refractivity contribution in [3.8, 4) is 0 Å². The number of methoxy groups -OCH3 is 2. The quantitative estimate of drug-likeness (QED) is 0.0235. The highest BCUT2D eigenvalue weighted by Gasteiger charge is 2.34. The minimum Gasteiger partial charge on any atom is -0.469 e. The number of hydrogen-bond acceptors (Lipinski definition) is 17. The summed E-state index contributed by atoms with van der Waals surface area (Å²) in [6.07, 6.45) is 13.2.